The molecule has 0 N–H and O–H groups in total. The van der Waals surface area contributed by atoms with Crippen molar-refractivity contribution < 1.29 is 31.6 Å². The first-order valence-corrected chi connectivity index (χ1v) is 12.5. The molecule has 8 heteroatoms. The summed E-state index contributed by atoms with van der Waals surface area (Å²) < 4.78 is 62.1. The molecule has 3 aliphatic rings. The molecule has 4 nitrogen and oxygen atoms in total. The number of rotatable bonds is 6. The van der Waals surface area contributed by atoms with E-state index < -0.39 is 29.4 Å². The SMILES string of the molecule is CC(c1ccccc1)[N+]12CCC(CC1)[C@@H](OC(=O)N(Cc1cc(F)c(F)c(F)c1)c1cccc(F)c1)C2. The van der Waals surface area contributed by atoms with E-state index in [2.05, 4.69) is 19.1 Å². The van der Waals surface area contributed by atoms with Crippen LogP contribution in [0, 0.1) is 29.2 Å². The number of hydrogen-bond acceptors (Lipinski definition) is 2. The number of anilines is 1. The average Bonchev–Trinajstić information content (AvgIpc) is 2.91. The quantitative estimate of drug-likeness (QED) is 0.207. The van der Waals surface area contributed by atoms with Crippen molar-refractivity contribution in [3.63, 3.8) is 0 Å². The number of carbonyl (C=O) groups excluding carboxylic acids is 1. The van der Waals surface area contributed by atoms with Gasteiger partial charge in [-0.15, -0.1) is 0 Å². The van der Waals surface area contributed by atoms with Crippen LogP contribution in [0.4, 0.5) is 28.0 Å². The van der Waals surface area contributed by atoms with Crippen molar-refractivity contribution in [2.45, 2.75) is 38.5 Å². The normalized spacial score (nSPS) is 23.5. The van der Waals surface area contributed by atoms with Crippen LogP contribution >= 0.6 is 0 Å². The summed E-state index contributed by atoms with van der Waals surface area (Å²) in [7, 11) is 0. The lowest BCUT2D eigenvalue weighted by molar-refractivity contribution is -0.972. The van der Waals surface area contributed by atoms with Crippen LogP contribution in [0.1, 0.15) is 36.9 Å². The highest BCUT2D eigenvalue weighted by molar-refractivity contribution is 5.87. The molecule has 0 radical (unpaired) electrons. The van der Waals surface area contributed by atoms with E-state index in [0.717, 1.165) is 53.5 Å². The molecule has 1 unspecified atom stereocenters. The Morgan fingerprint density at radius 3 is 2.30 bits per heavy atom. The minimum absolute atomic E-state index is 0.0210. The van der Waals surface area contributed by atoms with Crippen molar-refractivity contribution in [2.24, 2.45) is 5.92 Å². The number of nitrogens with zero attached hydrogens (tertiary/aromatic N) is 2. The number of fused-ring (bicyclic) bond motifs is 3. The molecule has 3 aliphatic heterocycles. The molecule has 3 fully saturated rings. The largest absolute Gasteiger partial charge is 0.440 e. The Morgan fingerprint density at radius 2 is 1.65 bits per heavy atom. The van der Waals surface area contributed by atoms with Crippen molar-refractivity contribution >= 4 is 11.8 Å². The van der Waals surface area contributed by atoms with Gasteiger partial charge >= 0.3 is 6.09 Å². The van der Waals surface area contributed by atoms with E-state index in [9.17, 15) is 22.4 Å². The van der Waals surface area contributed by atoms with Gasteiger partial charge in [-0.3, -0.25) is 4.90 Å². The van der Waals surface area contributed by atoms with Crippen LogP contribution in [0.3, 0.4) is 0 Å². The fourth-order valence-corrected chi connectivity index (χ4v) is 5.87. The Balaban J connectivity index is 1.39. The van der Waals surface area contributed by atoms with E-state index in [-0.39, 0.29) is 35.9 Å². The van der Waals surface area contributed by atoms with Crippen molar-refractivity contribution in [3.8, 4) is 0 Å². The van der Waals surface area contributed by atoms with E-state index in [1.54, 1.807) is 0 Å². The number of halogens is 4. The lowest BCUT2D eigenvalue weighted by Crippen LogP contribution is -2.65. The second-order valence-corrected chi connectivity index (χ2v) is 10.1. The highest BCUT2D eigenvalue weighted by atomic mass is 19.2. The Bertz CT molecular complexity index is 1250. The molecular formula is C29H29F4N2O2+. The lowest BCUT2D eigenvalue weighted by Gasteiger charge is -2.55. The Hall–Kier alpha value is -3.39. The molecular weight excluding hydrogens is 484 g/mol. The number of ether oxygens (including phenoxy) is 1. The molecule has 0 saturated carbocycles. The molecule has 2 bridgehead atoms. The second-order valence-electron chi connectivity index (χ2n) is 10.1. The molecule has 3 saturated heterocycles. The number of piperidine rings is 3. The standard InChI is InChI=1S/C29H29F4N2O2/c1-19(21-6-3-2-4-7-21)35-12-10-22(11-13-35)27(18-35)37-29(36)34(24-9-5-8-23(30)16-24)17-20-14-25(31)28(33)26(32)15-20/h2-9,14-16,19,22,27H,10-13,17-18H2,1H3/q+1/t19?,22?,27-,35?/m0/s1. The maximum absolute atomic E-state index is 14.0. The van der Waals surface area contributed by atoms with Gasteiger partial charge in [0.25, 0.3) is 0 Å². The van der Waals surface area contributed by atoms with E-state index >= 15 is 0 Å². The average molecular weight is 514 g/mol. The maximum atomic E-state index is 14.0. The molecule has 3 aromatic rings. The summed E-state index contributed by atoms with van der Waals surface area (Å²) in [5, 5.41) is 0. The van der Waals surface area contributed by atoms with Crippen molar-refractivity contribution in [2.75, 3.05) is 24.5 Å². The summed E-state index contributed by atoms with van der Waals surface area (Å²) in [6, 6.07) is 17.5. The van der Waals surface area contributed by atoms with E-state index in [1.807, 2.05) is 18.2 Å². The molecule has 37 heavy (non-hydrogen) atoms. The predicted octanol–water partition coefficient (Wildman–Crippen LogP) is 6.76. The summed E-state index contributed by atoms with van der Waals surface area (Å²) in [5.41, 5.74) is 1.43. The van der Waals surface area contributed by atoms with Crippen molar-refractivity contribution in [3.05, 3.63) is 101 Å². The zero-order chi connectivity index (χ0) is 26.2. The first-order chi connectivity index (χ1) is 17.8. The summed E-state index contributed by atoms with van der Waals surface area (Å²) in [4.78, 5) is 14.6. The molecule has 0 aromatic heterocycles. The van der Waals surface area contributed by atoms with Crippen LogP contribution in [0.2, 0.25) is 0 Å². The van der Waals surface area contributed by atoms with Crippen molar-refractivity contribution in [1.82, 2.24) is 0 Å². The van der Waals surface area contributed by atoms with Gasteiger partial charge in [0.2, 0.25) is 0 Å². The fourth-order valence-electron chi connectivity index (χ4n) is 5.87. The summed E-state index contributed by atoms with van der Waals surface area (Å²) in [6.45, 7) is 4.54. The minimum Gasteiger partial charge on any atom is -0.440 e. The Kier molecular flexibility index (Phi) is 6.94. The highest BCUT2D eigenvalue weighted by Gasteiger charge is 2.50. The minimum atomic E-state index is -1.59. The Labute approximate surface area is 213 Å². The van der Waals surface area contributed by atoms with Crippen LogP contribution in [-0.4, -0.2) is 36.3 Å². The van der Waals surface area contributed by atoms with Gasteiger partial charge in [0.15, 0.2) is 23.6 Å². The molecule has 1 amide bonds. The predicted molar refractivity (Wildman–Crippen MR) is 132 cm³/mol. The number of carbonyl (C=O) groups is 1. The van der Waals surface area contributed by atoms with E-state index in [0.29, 0.717) is 6.54 Å². The number of benzene rings is 3. The first-order valence-electron chi connectivity index (χ1n) is 12.5. The fraction of sp³-hybridized carbons (Fsp3) is 0.345. The molecule has 3 aromatic carbocycles. The van der Waals surface area contributed by atoms with E-state index in [1.165, 1.54) is 23.8 Å². The number of quaternary nitrogens is 1. The van der Waals surface area contributed by atoms with Crippen LogP contribution < -0.4 is 4.90 Å². The smallest absolute Gasteiger partial charge is 0.415 e. The number of hydrogen-bond donors (Lipinski definition) is 0. The maximum Gasteiger partial charge on any atom is 0.415 e. The summed E-state index contributed by atoms with van der Waals surface area (Å²) >= 11 is 0. The van der Waals surface area contributed by atoms with Gasteiger partial charge < -0.3 is 9.22 Å². The van der Waals surface area contributed by atoms with Crippen LogP contribution in [0.25, 0.3) is 0 Å². The van der Waals surface area contributed by atoms with Crippen molar-refractivity contribution in [1.29, 1.82) is 0 Å². The van der Waals surface area contributed by atoms with Crippen LogP contribution in [0.5, 0.6) is 0 Å². The zero-order valence-corrected chi connectivity index (χ0v) is 20.5. The van der Waals surface area contributed by atoms with Gasteiger partial charge in [0.1, 0.15) is 18.4 Å². The van der Waals surface area contributed by atoms with Gasteiger partial charge in [-0.25, -0.2) is 22.4 Å². The summed E-state index contributed by atoms with van der Waals surface area (Å²) in [5.74, 6) is -4.67. The second kappa shape index (κ2) is 10.2. The third-order valence-corrected chi connectivity index (χ3v) is 8.04. The summed E-state index contributed by atoms with van der Waals surface area (Å²) in [6.07, 6.45) is 0.756. The third-order valence-electron chi connectivity index (χ3n) is 8.04. The highest BCUT2D eigenvalue weighted by Crippen LogP contribution is 2.42. The van der Waals surface area contributed by atoms with Gasteiger partial charge in [-0.05, 0) is 42.8 Å². The monoisotopic (exact) mass is 513 g/mol. The van der Waals surface area contributed by atoms with Gasteiger partial charge in [0, 0.05) is 24.3 Å². The molecule has 194 valence electrons. The molecule has 0 spiro atoms. The first kappa shape index (κ1) is 25.3. The van der Waals surface area contributed by atoms with Gasteiger partial charge in [-0.1, -0.05) is 36.4 Å². The van der Waals surface area contributed by atoms with Crippen LogP contribution in [-0.2, 0) is 11.3 Å². The molecule has 6 rings (SSSR count). The molecule has 3 heterocycles. The topological polar surface area (TPSA) is 29.5 Å². The zero-order valence-electron chi connectivity index (χ0n) is 20.5. The van der Waals surface area contributed by atoms with E-state index in [4.69, 9.17) is 4.74 Å². The van der Waals surface area contributed by atoms with Gasteiger partial charge in [0.05, 0.1) is 25.3 Å². The third kappa shape index (κ3) is 5.07. The number of amides is 1. The Morgan fingerprint density at radius 1 is 0.973 bits per heavy atom. The lowest BCUT2D eigenvalue weighted by atomic mass is 9.81. The molecule has 0 aliphatic carbocycles. The van der Waals surface area contributed by atoms with Crippen LogP contribution in [0.15, 0.2) is 66.7 Å². The van der Waals surface area contributed by atoms with Gasteiger partial charge in [-0.2, -0.15) is 0 Å². The molecule has 2 atom stereocenters.